The predicted octanol–water partition coefficient (Wildman–Crippen LogP) is 5.02. The fraction of sp³-hybridized carbons (Fsp3) is 0. The van der Waals surface area contributed by atoms with E-state index < -0.39 is 0 Å². The molecule has 82 valence electrons. The first kappa shape index (κ1) is 11.6. The van der Waals surface area contributed by atoms with Crippen LogP contribution in [0.2, 0.25) is 15.1 Å². The smallest absolute Gasteiger partial charge is 0.134 e. The van der Waals surface area contributed by atoms with Crippen molar-refractivity contribution < 1.29 is 5.11 Å². The molecule has 2 rings (SSSR count). The van der Waals surface area contributed by atoms with E-state index in [9.17, 15) is 5.11 Å². The number of rotatable bonds is 1. The molecule has 1 N–H and O–H groups in total. The zero-order valence-corrected chi connectivity index (χ0v) is 10.3. The van der Waals surface area contributed by atoms with Crippen molar-refractivity contribution in [3.8, 4) is 16.9 Å². The molecule has 0 atom stereocenters. The molecule has 0 aromatic heterocycles. The second kappa shape index (κ2) is 4.54. The van der Waals surface area contributed by atoms with Crippen molar-refractivity contribution in [2.24, 2.45) is 0 Å². The van der Waals surface area contributed by atoms with Gasteiger partial charge in [0.05, 0.1) is 5.02 Å². The van der Waals surface area contributed by atoms with Crippen molar-refractivity contribution >= 4 is 34.8 Å². The molecule has 4 heteroatoms. The Kier molecular flexibility index (Phi) is 3.29. The summed E-state index contributed by atoms with van der Waals surface area (Å²) in [7, 11) is 0. The second-order valence-corrected chi connectivity index (χ2v) is 4.43. The minimum atomic E-state index is 0.00940. The molecule has 1 nitrogen and oxygen atoms in total. The SMILES string of the molecule is Oc1cccc(-c2c(Cl)cccc2Cl)c1Cl. The lowest BCUT2D eigenvalue weighted by atomic mass is 10.1. The van der Waals surface area contributed by atoms with Crippen LogP contribution in [0.1, 0.15) is 0 Å². The van der Waals surface area contributed by atoms with Crippen LogP contribution >= 0.6 is 34.8 Å². The Balaban J connectivity index is 2.73. The molecule has 0 fully saturated rings. The molecule has 0 aliphatic carbocycles. The Labute approximate surface area is 108 Å². The average molecular weight is 274 g/mol. The fourth-order valence-electron chi connectivity index (χ4n) is 1.47. The van der Waals surface area contributed by atoms with Gasteiger partial charge in [-0.2, -0.15) is 0 Å². The second-order valence-electron chi connectivity index (χ2n) is 3.24. The summed E-state index contributed by atoms with van der Waals surface area (Å²) >= 11 is 18.1. The number of phenols is 1. The largest absolute Gasteiger partial charge is 0.506 e. The minimum absolute atomic E-state index is 0.00940. The van der Waals surface area contributed by atoms with Gasteiger partial charge in [0, 0.05) is 21.2 Å². The summed E-state index contributed by atoms with van der Waals surface area (Å²) in [5.74, 6) is 0.00940. The Morgan fingerprint density at radius 1 is 0.812 bits per heavy atom. The van der Waals surface area contributed by atoms with E-state index in [4.69, 9.17) is 34.8 Å². The number of hydrogen-bond donors (Lipinski definition) is 1. The van der Waals surface area contributed by atoms with Crippen LogP contribution in [0, 0.1) is 0 Å². The molecule has 16 heavy (non-hydrogen) atoms. The summed E-state index contributed by atoms with van der Waals surface area (Å²) in [4.78, 5) is 0. The van der Waals surface area contributed by atoms with Crippen molar-refractivity contribution in [2.45, 2.75) is 0 Å². The molecule has 2 aromatic carbocycles. The van der Waals surface area contributed by atoms with E-state index in [1.54, 1.807) is 30.3 Å². The molecule has 0 aliphatic rings. The van der Waals surface area contributed by atoms with Crippen LogP contribution in [0.3, 0.4) is 0 Å². The van der Waals surface area contributed by atoms with Crippen LogP contribution in [0.15, 0.2) is 36.4 Å². The van der Waals surface area contributed by atoms with Crippen LogP contribution in [0.25, 0.3) is 11.1 Å². The molecule has 2 aromatic rings. The molecule has 0 heterocycles. The lowest BCUT2D eigenvalue weighted by Gasteiger charge is -2.09. The third kappa shape index (κ3) is 1.99. The average Bonchev–Trinajstić information content (AvgIpc) is 2.24. The lowest BCUT2D eigenvalue weighted by molar-refractivity contribution is 0.476. The monoisotopic (exact) mass is 272 g/mol. The standard InChI is InChI=1S/C12H7Cl3O/c13-8-4-2-5-9(14)11(8)7-3-1-6-10(16)12(7)15/h1-6,16H. The number of benzene rings is 2. The van der Waals surface area contributed by atoms with Crippen LogP contribution in [-0.2, 0) is 0 Å². The van der Waals surface area contributed by atoms with Crippen molar-refractivity contribution in [2.75, 3.05) is 0 Å². The number of halogens is 3. The third-order valence-corrected chi connectivity index (χ3v) is 3.24. The number of hydrogen-bond acceptors (Lipinski definition) is 1. The van der Waals surface area contributed by atoms with E-state index in [0.717, 1.165) is 0 Å². The maximum absolute atomic E-state index is 9.53. The van der Waals surface area contributed by atoms with E-state index in [2.05, 4.69) is 0 Å². The van der Waals surface area contributed by atoms with Gasteiger partial charge in [-0.1, -0.05) is 53.0 Å². The number of phenolic OH excluding ortho intramolecular Hbond substituents is 1. The van der Waals surface area contributed by atoms with Gasteiger partial charge in [0.25, 0.3) is 0 Å². The van der Waals surface area contributed by atoms with Crippen LogP contribution in [0.4, 0.5) is 0 Å². The first-order valence-electron chi connectivity index (χ1n) is 4.53. The highest BCUT2D eigenvalue weighted by Gasteiger charge is 2.13. The van der Waals surface area contributed by atoms with Gasteiger partial charge in [-0.05, 0) is 18.2 Å². The molecule has 0 bridgehead atoms. The molecule has 0 saturated carbocycles. The van der Waals surface area contributed by atoms with Crippen LogP contribution in [0.5, 0.6) is 5.75 Å². The van der Waals surface area contributed by atoms with E-state index >= 15 is 0 Å². The maximum Gasteiger partial charge on any atom is 0.134 e. The highest BCUT2D eigenvalue weighted by atomic mass is 35.5. The number of aromatic hydroxyl groups is 1. The molecular weight excluding hydrogens is 266 g/mol. The Morgan fingerprint density at radius 2 is 1.38 bits per heavy atom. The van der Waals surface area contributed by atoms with Gasteiger partial charge < -0.3 is 5.11 Å². The summed E-state index contributed by atoms with van der Waals surface area (Å²) in [6.45, 7) is 0. The zero-order valence-electron chi connectivity index (χ0n) is 8.05. The van der Waals surface area contributed by atoms with E-state index in [-0.39, 0.29) is 10.8 Å². The first-order valence-corrected chi connectivity index (χ1v) is 5.66. The summed E-state index contributed by atoms with van der Waals surface area (Å²) in [5.41, 5.74) is 1.25. The molecule has 0 saturated heterocycles. The van der Waals surface area contributed by atoms with Crippen molar-refractivity contribution in [1.29, 1.82) is 0 Å². The molecule has 0 spiro atoms. The Bertz CT molecular complexity index is 518. The van der Waals surface area contributed by atoms with Gasteiger partial charge in [0.2, 0.25) is 0 Å². The van der Waals surface area contributed by atoms with Gasteiger partial charge >= 0.3 is 0 Å². The zero-order chi connectivity index (χ0) is 11.7. The predicted molar refractivity (Wildman–Crippen MR) is 68.6 cm³/mol. The molecule has 0 unspecified atom stereocenters. The Morgan fingerprint density at radius 3 is 2.00 bits per heavy atom. The molecule has 0 radical (unpaired) electrons. The lowest BCUT2D eigenvalue weighted by Crippen LogP contribution is -1.83. The molecular formula is C12H7Cl3O. The maximum atomic E-state index is 9.53. The third-order valence-electron chi connectivity index (χ3n) is 2.21. The molecule has 0 amide bonds. The van der Waals surface area contributed by atoms with Gasteiger partial charge in [-0.15, -0.1) is 0 Å². The summed E-state index contributed by atoms with van der Waals surface area (Å²) < 4.78 is 0. The quantitative estimate of drug-likeness (QED) is 0.773. The first-order chi connectivity index (χ1) is 7.61. The van der Waals surface area contributed by atoms with E-state index in [0.29, 0.717) is 21.2 Å². The highest BCUT2D eigenvalue weighted by Crippen LogP contribution is 2.41. The van der Waals surface area contributed by atoms with Crippen molar-refractivity contribution in [3.63, 3.8) is 0 Å². The topological polar surface area (TPSA) is 20.2 Å². The van der Waals surface area contributed by atoms with Crippen molar-refractivity contribution in [1.82, 2.24) is 0 Å². The summed E-state index contributed by atoms with van der Waals surface area (Å²) in [5, 5.41) is 10.8. The van der Waals surface area contributed by atoms with Gasteiger partial charge in [-0.25, -0.2) is 0 Å². The van der Waals surface area contributed by atoms with Gasteiger partial charge in [-0.3, -0.25) is 0 Å². The van der Waals surface area contributed by atoms with Crippen molar-refractivity contribution in [3.05, 3.63) is 51.5 Å². The Hall–Kier alpha value is -0.890. The molecule has 0 aliphatic heterocycles. The van der Waals surface area contributed by atoms with Crippen LogP contribution in [-0.4, -0.2) is 5.11 Å². The van der Waals surface area contributed by atoms with E-state index in [1.165, 1.54) is 6.07 Å². The summed E-state index contributed by atoms with van der Waals surface area (Å²) in [6.07, 6.45) is 0. The van der Waals surface area contributed by atoms with Crippen LogP contribution < -0.4 is 0 Å². The van der Waals surface area contributed by atoms with Gasteiger partial charge in [0.15, 0.2) is 0 Å². The van der Waals surface area contributed by atoms with E-state index in [1.807, 2.05) is 0 Å². The summed E-state index contributed by atoms with van der Waals surface area (Å²) in [6, 6.07) is 10.2. The van der Waals surface area contributed by atoms with Gasteiger partial charge in [0.1, 0.15) is 5.75 Å². The minimum Gasteiger partial charge on any atom is -0.506 e. The fourth-order valence-corrected chi connectivity index (χ4v) is 2.29. The highest BCUT2D eigenvalue weighted by molar-refractivity contribution is 6.41. The normalized spacial score (nSPS) is 10.4.